The van der Waals surface area contributed by atoms with Crippen LogP contribution in [-0.4, -0.2) is 183 Å². The summed E-state index contributed by atoms with van der Waals surface area (Å²) >= 11 is 0. The van der Waals surface area contributed by atoms with Crippen molar-refractivity contribution in [3.05, 3.63) is 58.2 Å². The van der Waals surface area contributed by atoms with Gasteiger partial charge >= 0.3 is 72.1 Å². The highest BCUT2D eigenvalue weighted by Crippen LogP contribution is 2.29. The molecule has 32 heteroatoms. The second-order valence-electron chi connectivity index (χ2n) is 38.4. The van der Waals surface area contributed by atoms with Crippen molar-refractivity contribution in [1.82, 2.24) is 9.80 Å². The highest BCUT2D eigenvalue weighted by Gasteiger charge is 2.45. The number of hydrogen-bond donors (Lipinski definition) is 8. The van der Waals surface area contributed by atoms with Gasteiger partial charge in [0.05, 0.1) is 11.8 Å². The van der Waals surface area contributed by atoms with Gasteiger partial charge < -0.3 is 81.3 Å². The fourth-order valence-electron chi connectivity index (χ4n) is 11.8. The van der Waals surface area contributed by atoms with Gasteiger partial charge in [-0.1, -0.05) is 13.8 Å². The summed E-state index contributed by atoms with van der Waals surface area (Å²) in [7, 11) is 0. The Balaban J connectivity index is 0.00000156. The molecule has 0 aliphatic rings. The number of nitrogens with two attached hydrogens (primary N) is 4. The predicted molar refractivity (Wildman–Crippen MR) is 440 cm³/mol. The van der Waals surface area contributed by atoms with E-state index in [0.29, 0.717) is 111 Å². The fraction of sp³-hybridized carbons (Fsp3) is 0.744. The number of pyridine rings is 2. The summed E-state index contributed by atoms with van der Waals surface area (Å²) in [6.07, 6.45) is 5.74. The summed E-state index contributed by atoms with van der Waals surface area (Å²) in [6, 6.07) is -3.34. The fourth-order valence-corrected chi connectivity index (χ4v) is 11.8. The Morgan fingerprint density at radius 1 is 0.314 bits per heavy atom. The molecule has 2 aromatic rings. The van der Waals surface area contributed by atoms with E-state index in [1.54, 1.807) is 152 Å². The van der Waals surface area contributed by atoms with Crippen molar-refractivity contribution in [1.29, 1.82) is 0 Å². The number of imide groups is 2. The summed E-state index contributed by atoms with van der Waals surface area (Å²) < 4.78 is 50.2. The second kappa shape index (κ2) is 46.8. The van der Waals surface area contributed by atoms with E-state index >= 15 is 0 Å². The van der Waals surface area contributed by atoms with Gasteiger partial charge in [-0.3, -0.25) is 28.8 Å². The molecule has 0 aromatic carbocycles. The maximum absolute atomic E-state index is 14.5. The van der Waals surface area contributed by atoms with Gasteiger partial charge in [-0.15, -0.1) is 0 Å². The van der Waals surface area contributed by atoms with Crippen molar-refractivity contribution < 1.29 is 125 Å². The monoisotopic (exact) mass is 1680 g/mol. The van der Waals surface area contributed by atoms with Crippen LogP contribution in [0, 0.1) is 11.8 Å². The standard InChI is InChI=1S/C62H106N3O16.C24H39N5O8/c1-40(47(66)74-55(3,4)5)30-27-28-37-63-39-42(34-33-41(2)48(67)75-56(6,7)8)38-43(35-36-46(50(69)77-58(12,13)14)65(53(72)80-61(21,22)23)54(73)81-62(24,25)26)44(63)31-29-32-45(49(68)76-57(9,10)11)64(51(70)78-59(15,16)17)52(71)79-60(18,19)20;25-16(21(30)31)4-1-2-11-29-13-14(7-9-18(27)23(34)35)12-15(8-10-19(28)24(36)37)20(29)6-3-5-17(26)22(32)33/h38-41,45-46H,27-37H2,1-26H3;12-13,16-19H,1-11,25-28H2,(H3-,30,31,32,33,34,35,36,37)/q+1;/p+1/t40-,41?,45-,46-;16-,17-,18?,19-/m00/s1. The van der Waals surface area contributed by atoms with E-state index in [2.05, 4.69) is 4.57 Å². The van der Waals surface area contributed by atoms with Crippen LogP contribution >= 0.6 is 0 Å². The molecule has 0 fully saturated rings. The molecule has 0 saturated heterocycles. The topological polar surface area (TPSA) is 478 Å². The maximum Gasteiger partial charge on any atom is 0.420 e. The van der Waals surface area contributed by atoms with Crippen LogP contribution in [0.15, 0.2) is 24.5 Å². The van der Waals surface area contributed by atoms with Crippen LogP contribution in [0.25, 0.3) is 0 Å². The predicted octanol–water partition coefficient (Wildman–Crippen LogP) is 12.0. The van der Waals surface area contributed by atoms with Crippen molar-refractivity contribution in [3.63, 3.8) is 0 Å². The lowest BCUT2D eigenvalue weighted by atomic mass is 9.94. The Hall–Kier alpha value is -8.62. The summed E-state index contributed by atoms with van der Waals surface area (Å²) in [5.41, 5.74) is 19.5. The molecule has 2 rings (SSSR count). The van der Waals surface area contributed by atoms with Crippen LogP contribution < -0.4 is 32.1 Å². The molecule has 32 nitrogen and oxygen atoms in total. The van der Waals surface area contributed by atoms with Crippen LogP contribution in [0.4, 0.5) is 19.2 Å². The van der Waals surface area contributed by atoms with Crippen LogP contribution in [0.5, 0.6) is 0 Å². The zero-order valence-corrected chi connectivity index (χ0v) is 75.5. The van der Waals surface area contributed by atoms with E-state index in [-0.39, 0.29) is 63.3 Å². The lowest BCUT2D eigenvalue weighted by Crippen LogP contribution is -2.53. The van der Waals surface area contributed by atoms with Crippen LogP contribution in [0.3, 0.4) is 0 Å². The van der Waals surface area contributed by atoms with Crippen molar-refractivity contribution in [2.45, 2.75) is 403 Å². The summed E-state index contributed by atoms with van der Waals surface area (Å²) in [5, 5.41) is 36.4. The Labute approximate surface area is 699 Å². The summed E-state index contributed by atoms with van der Waals surface area (Å²) in [6.45, 7) is 45.0. The molecule has 0 radical (unpaired) electrons. The normalized spacial score (nSPS) is 14.4. The molecule has 0 aliphatic carbocycles. The van der Waals surface area contributed by atoms with Crippen LogP contribution in [0.2, 0.25) is 0 Å². The molecule has 8 atom stereocenters. The molecular weight excluding hydrogens is 1530 g/mol. The number of unbranched alkanes of at least 4 members (excludes halogenated alkanes) is 2. The minimum atomic E-state index is -1.58. The smallest absolute Gasteiger partial charge is 0.420 e. The first-order valence-corrected chi connectivity index (χ1v) is 41.0. The highest BCUT2D eigenvalue weighted by atomic mass is 16.6. The minimum Gasteiger partial charge on any atom is -0.480 e. The van der Waals surface area contributed by atoms with Crippen molar-refractivity contribution in [2.75, 3.05) is 0 Å². The van der Waals surface area contributed by atoms with Gasteiger partial charge in [0.25, 0.3) is 0 Å². The van der Waals surface area contributed by atoms with Crippen molar-refractivity contribution in [2.24, 2.45) is 34.8 Å². The Kier molecular flexibility index (Phi) is 42.6. The average molecular weight is 1680 g/mol. The van der Waals surface area contributed by atoms with Crippen molar-refractivity contribution >= 4 is 72.1 Å². The Bertz CT molecular complexity index is 3620. The number of rotatable bonds is 40. The van der Waals surface area contributed by atoms with Gasteiger partial charge in [0.2, 0.25) is 0 Å². The van der Waals surface area contributed by atoms with Gasteiger partial charge in [0.15, 0.2) is 23.8 Å². The molecule has 2 unspecified atom stereocenters. The minimum absolute atomic E-state index is 0.0455. The Morgan fingerprint density at radius 2 is 0.568 bits per heavy atom. The van der Waals surface area contributed by atoms with E-state index in [9.17, 15) is 62.6 Å². The first-order chi connectivity index (χ1) is 53.6. The quantitative estimate of drug-likeness (QED) is 0.0133. The first-order valence-electron chi connectivity index (χ1n) is 41.0. The molecule has 2 aromatic heterocycles. The van der Waals surface area contributed by atoms with E-state index < -0.39 is 153 Å². The number of carboxylic acid groups (broad SMARTS) is 4. The molecule has 0 spiro atoms. The zero-order chi connectivity index (χ0) is 91.4. The molecule has 4 amide bonds. The van der Waals surface area contributed by atoms with E-state index in [4.69, 9.17) is 76.1 Å². The van der Waals surface area contributed by atoms with E-state index in [1.807, 2.05) is 56.8 Å². The summed E-state index contributed by atoms with van der Waals surface area (Å²) in [4.78, 5) is 158. The lowest BCUT2D eigenvalue weighted by Gasteiger charge is -2.34. The van der Waals surface area contributed by atoms with Crippen molar-refractivity contribution in [3.8, 4) is 0 Å². The van der Waals surface area contributed by atoms with E-state index in [0.717, 1.165) is 22.4 Å². The number of carboxylic acids is 4. The average Bonchev–Trinajstić information content (AvgIpc) is 0.808. The molecule has 672 valence electrons. The number of esters is 4. The van der Waals surface area contributed by atoms with Gasteiger partial charge in [0, 0.05) is 47.9 Å². The number of hydrogen-bond acceptors (Lipinski definition) is 24. The van der Waals surface area contributed by atoms with Crippen LogP contribution in [-0.2, 0) is 128 Å². The molecule has 118 heavy (non-hydrogen) atoms. The zero-order valence-electron chi connectivity index (χ0n) is 75.5. The second-order valence-corrected chi connectivity index (χ2v) is 38.4. The van der Waals surface area contributed by atoms with E-state index in [1.165, 1.54) is 0 Å². The molecule has 0 aliphatic heterocycles. The summed E-state index contributed by atoms with van der Waals surface area (Å²) in [5.74, 6) is -7.72. The number of amides is 4. The number of aryl methyl sites for hydroxylation is 6. The molecule has 12 N–H and O–H groups in total. The Morgan fingerprint density at radius 3 is 0.890 bits per heavy atom. The third kappa shape index (κ3) is 44.4. The van der Waals surface area contributed by atoms with Gasteiger partial charge in [0.1, 0.15) is 94.1 Å². The number of aromatic nitrogens is 2. The molecule has 0 saturated carbocycles. The number of aliphatic carboxylic acids is 4. The molecular formula is C86H146N8O24+2. The third-order valence-corrected chi connectivity index (χ3v) is 17.3. The molecule has 0 bridgehead atoms. The highest BCUT2D eigenvalue weighted by molar-refractivity contribution is 5.95. The van der Waals surface area contributed by atoms with Gasteiger partial charge in [-0.25, -0.2) is 37.9 Å². The number of ether oxygens (including phenoxy) is 8. The van der Waals surface area contributed by atoms with Gasteiger partial charge in [-0.2, -0.15) is 9.80 Å². The SMILES string of the molecule is CC(CCc1cc(CC[C@@H](C(=O)OC(C)(C)C)N(C(=O)OC(C)(C)C)C(=O)OC(C)(C)C)c(CCC[C@@H](C(=O)OC(C)(C)C)N(C(=O)OC(C)(C)C)C(=O)OC(C)(C)C)[n+](CCCC[C@H](C)C(=O)OC(C)(C)C)c1)C(=O)OC(C)(C)C.NC(CCc1cc(CC[C@H](N)C(=O)O)c(CCC[C@H](N)C(=O)O)[n+](CCCC[C@H](N)C(=O)O)c1)C(=O)O. The number of nitrogens with zero attached hydrogens (tertiary/aromatic N) is 4. The van der Waals surface area contributed by atoms with Crippen LogP contribution in [0.1, 0.15) is 304 Å². The first kappa shape index (κ1) is 107. The number of carbonyl (C=O) groups excluding carboxylic acids is 8. The number of carbonyl (C=O) groups is 12. The third-order valence-electron chi connectivity index (χ3n) is 17.3. The lowest BCUT2D eigenvalue weighted by molar-refractivity contribution is -0.705. The van der Waals surface area contributed by atoms with Gasteiger partial charge in [-0.05, 0) is 281 Å². The maximum atomic E-state index is 14.5. The molecule has 2 heterocycles. The largest absolute Gasteiger partial charge is 0.480 e.